The second kappa shape index (κ2) is 5.21. The summed E-state index contributed by atoms with van der Waals surface area (Å²) in [5, 5.41) is 10.6. The highest BCUT2D eigenvalue weighted by atomic mass is 32.3. The second-order valence-electron chi connectivity index (χ2n) is 5.06. The molecule has 0 heterocycles. The van der Waals surface area contributed by atoms with Gasteiger partial charge in [-0.15, -0.1) is 0 Å². The number of rotatable bonds is 3. The summed E-state index contributed by atoms with van der Waals surface area (Å²) in [5.41, 5.74) is -0.174. The van der Waals surface area contributed by atoms with E-state index < -0.39 is 26.0 Å². The number of alkyl halides is 3. The van der Waals surface area contributed by atoms with E-state index in [0.29, 0.717) is 4.90 Å². The van der Waals surface area contributed by atoms with Gasteiger partial charge in [0.1, 0.15) is 0 Å². The van der Waals surface area contributed by atoms with Crippen molar-refractivity contribution in [2.45, 2.75) is 18.0 Å². The molecule has 1 aromatic rings. The van der Waals surface area contributed by atoms with Gasteiger partial charge in [0.25, 0.3) is 5.69 Å². The van der Waals surface area contributed by atoms with Crippen molar-refractivity contribution in [1.29, 1.82) is 0 Å². The van der Waals surface area contributed by atoms with Gasteiger partial charge in [-0.2, -0.15) is 26.5 Å². The summed E-state index contributed by atoms with van der Waals surface area (Å²) < 4.78 is 40.8. The normalized spacial score (nSPS) is 14.1. The number of hydrogen-bond donors (Lipinski definition) is 0. The first-order valence-corrected chi connectivity index (χ1v) is 8.84. The van der Waals surface area contributed by atoms with Crippen molar-refractivity contribution in [1.82, 2.24) is 0 Å². The lowest BCUT2D eigenvalue weighted by Crippen LogP contribution is -2.36. The van der Waals surface area contributed by atoms with E-state index in [4.69, 9.17) is 0 Å². The molecule has 1 amide bonds. The van der Waals surface area contributed by atoms with Crippen LogP contribution in [-0.2, 0) is 13.8 Å². The van der Waals surface area contributed by atoms with Gasteiger partial charge in [0.05, 0.1) is 4.92 Å². The molecule has 0 N–H and O–H groups in total. The number of nitrogens with zero attached hydrogens (tertiary/aromatic N) is 2. The first-order chi connectivity index (χ1) is 9.39. The van der Waals surface area contributed by atoms with Gasteiger partial charge >= 0.3 is 12.1 Å². The van der Waals surface area contributed by atoms with Gasteiger partial charge in [-0.1, -0.05) is 6.92 Å². The van der Waals surface area contributed by atoms with Gasteiger partial charge in [0.2, 0.25) is 0 Å². The Morgan fingerprint density at radius 1 is 1.29 bits per heavy atom. The molecular formula is C12H15F3N2O3S. The Balaban J connectivity index is 3.47. The molecule has 0 aliphatic heterocycles. The highest BCUT2D eigenvalue weighted by Crippen LogP contribution is 2.36. The Morgan fingerprint density at radius 3 is 2.10 bits per heavy atom. The minimum absolute atomic E-state index is 0.174. The van der Waals surface area contributed by atoms with Crippen molar-refractivity contribution in [3.63, 3.8) is 0 Å². The van der Waals surface area contributed by atoms with Crippen LogP contribution in [0.15, 0.2) is 33.5 Å². The molecule has 0 atom stereocenters. The van der Waals surface area contributed by atoms with Crippen LogP contribution in [0.1, 0.15) is 6.92 Å². The van der Waals surface area contributed by atoms with E-state index in [2.05, 4.69) is 4.36 Å². The van der Waals surface area contributed by atoms with Crippen LogP contribution < -0.4 is 0 Å². The average molecular weight is 324 g/mol. The van der Waals surface area contributed by atoms with Crippen LogP contribution in [0.25, 0.3) is 0 Å². The van der Waals surface area contributed by atoms with Crippen LogP contribution in [0.2, 0.25) is 0 Å². The molecule has 0 bridgehead atoms. The number of nitro groups is 1. The molecule has 0 aromatic heterocycles. The zero-order valence-electron chi connectivity index (χ0n) is 11.7. The van der Waals surface area contributed by atoms with Crippen LogP contribution in [0.3, 0.4) is 0 Å². The third-order valence-corrected chi connectivity index (χ3v) is 7.47. The molecule has 1 rings (SSSR count). The molecular weight excluding hydrogens is 309 g/mol. The number of carbonyl (C=O) groups excluding carboxylic acids is 1. The number of halogens is 3. The monoisotopic (exact) mass is 324 g/mol. The topological polar surface area (TPSA) is 72.6 Å². The molecule has 1 aromatic carbocycles. The number of benzene rings is 1. The minimum Gasteiger partial charge on any atom is -0.261 e. The van der Waals surface area contributed by atoms with E-state index in [1.807, 2.05) is 0 Å². The van der Waals surface area contributed by atoms with Crippen molar-refractivity contribution in [3.8, 4) is 0 Å². The van der Waals surface area contributed by atoms with Gasteiger partial charge in [-0.05, 0) is 30.4 Å². The molecule has 0 aliphatic carbocycles. The first kappa shape index (κ1) is 17.3. The van der Waals surface area contributed by atoms with Gasteiger partial charge in [-0.3, -0.25) is 14.9 Å². The van der Waals surface area contributed by atoms with Crippen molar-refractivity contribution in [2.75, 3.05) is 18.3 Å². The minimum atomic E-state index is -5.03. The van der Waals surface area contributed by atoms with Gasteiger partial charge < -0.3 is 0 Å². The average Bonchev–Trinajstić information content (AvgIpc) is 2.38. The summed E-state index contributed by atoms with van der Waals surface area (Å²) in [6, 6.07) is 5.11. The maximum absolute atomic E-state index is 12.5. The lowest BCUT2D eigenvalue weighted by molar-refractivity contribution is -0.384. The van der Waals surface area contributed by atoms with Gasteiger partial charge in [0, 0.05) is 17.0 Å². The summed E-state index contributed by atoms with van der Waals surface area (Å²) >= 11 is 0. The molecule has 5 nitrogen and oxygen atoms in total. The number of amides is 1. The van der Waals surface area contributed by atoms with Crippen molar-refractivity contribution >= 4 is 20.6 Å². The van der Waals surface area contributed by atoms with Crippen LogP contribution in [0.5, 0.6) is 0 Å². The van der Waals surface area contributed by atoms with Crippen LogP contribution in [0.4, 0.5) is 18.9 Å². The zero-order chi connectivity index (χ0) is 16.5. The fraction of sp³-hybridized carbons (Fsp3) is 0.417. The highest BCUT2D eigenvalue weighted by Gasteiger charge is 2.41. The van der Waals surface area contributed by atoms with Crippen molar-refractivity contribution in [3.05, 3.63) is 34.4 Å². The Labute approximate surface area is 119 Å². The standard InChI is InChI=1S/C12H15F3N2O3S/c1-4-21(2,3,16-11(18)12(13,14)15)10-7-5-9(6-8-10)17(19)20/h5-8H,4H2,1-3H3. The summed E-state index contributed by atoms with van der Waals surface area (Å²) in [4.78, 5) is 21.6. The smallest absolute Gasteiger partial charge is 0.261 e. The fourth-order valence-electron chi connectivity index (χ4n) is 1.60. The van der Waals surface area contributed by atoms with Crippen molar-refractivity contribution in [2.24, 2.45) is 4.36 Å². The molecule has 21 heavy (non-hydrogen) atoms. The maximum atomic E-state index is 12.5. The van der Waals surface area contributed by atoms with Gasteiger partial charge in [0.15, 0.2) is 0 Å². The molecule has 0 saturated heterocycles. The lowest BCUT2D eigenvalue weighted by atomic mass is 10.3. The maximum Gasteiger partial charge on any atom is 0.474 e. The molecule has 0 fully saturated rings. The Hall–Kier alpha value is -1.77. The number of hydrogen-bond acceptors (Lipinski definition) is 3. The second-order valence-corrected chi connectivity index (χ2v) is 10.5. The first-order valence-electron chi connectivity index (χ1n) is 5.85. The lowest BCUT2D eigenvalue weighted by Gasteiger charge is -2.39. The number of carbonyl (C=O) groups is 1. The van der Waals surface area contributed by atoms with Crippen LogP contribution >= 0.6 is 0 Å². The molecule has 0 spiro atoms. The SMILES string of the molecule is CCS(C)(C)(=NC(=O)C(F)(F)F)c1ccc([N+](=O)[O-])cc1. The van der Waals surface area contributed by atoms with E-state index in [9.17, 15) is 28.1 Å². The number of non-ortho nitro benzene ring substituents is 1. The quantitative estimate of drug-likeness (QED) is 0.633. The summed E-state index contributed by atoms with van der Waals surface area (Å²) in [5.74, 6) is -1.91. The van der Waals surface area contributed by atoms with E-state index >= 15 is 0 Å². The number of nitro benzene ring substituents is 1. The fourth-order valence-corrected chi connectivity index (χ4v) is 3.80. The third kappa shape index (κ3) is 3.66. The summed E-state index contributed by atoms with van der Waals surface area (Å²) in [6.45, 7) is 1.64. The largest absolute Gasteiger partial charge is 0.474 e. The predicted molar refractivity (Wildman–Crippen MR) is 74.6 cm³/mol. The molecule has 9 heteroatoms. The van der Waals surface area contributed by atoms with E-state index in [1.54, 1.807) is 6.92 Å². The molecule has 0 radical (unpaired) electrons. The molecule has 0 unspecified atom stereocenters. The third-order valence-electron chi connectivity index (χ3n) is 3.26. The Bertz CT molecular complexity index is 645. The predicted octanol–water partition coefficient (Wildman–Crippen LogP) is 3.20. The van der Waals surface area contributed by atoms with E-state index in [-0.39, 0.29) is 11.4 Å². The van der Waals surface area contributed by atoms with Gasteiger partial charge in [-0.25, -0.2) is 0 Å². The van der Waals surface area contributed by atoms with Crippen molar-refractivity contribution < 1.29 is 22.9 Å². The Morgan fingerprint density at radius 2 is 1.76 bits per heavy atom. The molecule has 0 saturated carbocycles. The summed E-state index contributed by atoms with van der Waals surface area (Å²) in [7, 11) is -3.20. The molecule has 118 valence electrons. The highest BCUT2D eigenvalue weighted by molar-refractivity contribution is 8.21. The van der Waals surface area contributed by atoms with E-state index in [1.165, 1.54) is 36.8 Å². The van der Waals surface area contributed by atoms with Crippen LogP contribution in [-0.4, -0.2) is 35.3 Å². The van der Waals surface area contributed by atoms with E-state index in [0.717, 1.165) is 0 Å². The van der Waals surface area contributed by atoms with Crippen LogP contribution in [0, 0.1) is 10.1 Å². The molecule has 0 aliphatic rings. The Kier molecular flexibility index (Phi) is 4.29. The summed E-state index contributed by atoms with van der Waals surface area (Å²) in [6.07, 6.45) is -2.02. The zero-order valence-corrected chi connectivity index (χ0v) is 12.5.